The molecule has 0 saturated carbocycles. The molecule has 0 fully saturated rings. The summed E-state index contributed by atoms with van der Waals surface area (Å²) >= 11 is 0. The normalized spacial score (nSPS) is 13.0. The van der Waals surface area contributed by atoms with Gasteiger partial charge in [0.1, 0.15) is 0 Å². The quantitative estimate of drug-likeness (QED) is 0.693. The zero-order chi connectivity index (χ0) is 19.4. The third-order valence-corrected chi connectivity index (χ3v) is 4.42. The van der Waals surface area contributed by atoms with Crippen LogP contribution < -0.4 is 5.32 Å². The van der Waals surface area contributed by atoms with Gasteiger partial charge in [-0.2, -0.15) is 0 Å². The minimum atomic E-state index is -1.32. The Morgan fingerprint density at radius 2 is 1.89 bits per heavy atom. The van der Waals surface area contributed by atoms with Crippen LogP contribution in [0.4, 0.5) is 5.69 Å². The minimum Gasteiger partial charge on any atom is -0.481 e. The van der Waals surface area contributed by atoms with Crippen LogP contribution in [0.15, 0.2) is 54.6 Å². The van der Waals surface area contributed by atoms with Gasteiger partial charge in [0.15, 0.2) is 5.82 Å². The average Bonchev–Trinajstić information content (AvgIpc) is 3.08. The van der Waals surface area contributed by atoms with Crippen molar-refractivity contribution in [3.05, 3.63) is 60.2 Å². The third-order valence-electron chi connectivity index (χ3n) is 4.42. The summed E-state index contributed by atoms with van der Waals surface area (Å²) in [6.45, 7) is 1.55. The van der Waals surface area contributed by atoms with E-state index in [2.05, 4.69) is 20.8 Å². The zero-order valence-electron chi connectivity index (χ0n) is 15.0. The lowest BCUT2D eigenvalue weighted by Gasteiger charge is -2.24. The van der Waals surface area contributed by atoms with Gasteiger partial charge in [-0.1, -0.05) is 42.5 Å². The van der Waals surface area contributed by atoms with E-state index in [1.54, 1.807) is 62.5 Å². The summed E-state index contributed by atoms with van der Waals surface area (Å²) in [7, 11) is 1.72. The molecule has 3 rings (SSSR count). The highest BCUT2D eigenvalue weighted by molar-refractivity contribution is 5.96. The maximum atomic E-state index is 12.6. The van der Waals surface area contributed by atoms with Crippen LogP contribution in [-0.2, 0) is 22.1 Å². The van der Waals surface area contributed by atoms with E-state index in [9.17, 15) is 14.7 Å². The molecule has 1 amide bonds. The van der Waals surface area contributed by atoms with Crippen LogP contribution in [0.2, 0.25) is 0 Å². The first-order chi connectivity index (χ1) is 12.9. The van der Waals surface area contributed by atoms with Gasteiger partial charge in [-0.05, 0) is 35.0 Å². The van der Waals surface area contributed by atoms with E-state index in [4.69, 9.17) is 0 Å². The molecule has 0 aliphatic rings. The molecule has 0 radical (unpaired) electrons. The average molecular weight is 365 g/mol. The molecule has 0 saturated heterocycles. The molecule has 1 heterocycles. The van der Waals surface area contributed by atoms with Crippen molar-refractivity contribution in [1.82, 2.24) is 20.2 Å². The van der Waals surface area contributed by atoms with Gasteiger partial charge in [0.2, 0.25) is 5.91 Å². The van der Waals surface area contributed by atoms with Crippen molar-refractivity contribution < 1.29 is 14.7 Å². The molecule has 3 aromatic rings. The van der Waals surface area contributed by atoms with Crippen LogP contribution in [0, 0.1) is 0 Å². The summed E-state index contributed by atoms with van der Waals surface area (Å²) in [5, 5.41) is 23.8. The zero-order valence-corrected chi connectivity index (χ0v) is 15.0. The highest BCUT2D eigenvalue weighted by atomic mass is 16.4. The number of carboxylic acid groups (broad SMARTS) is 1. The van der Waals surface area contributed by atoms with Crippen molar-refractivity contribution in [2.24, 2.45) is 7.05 Å². The third kappa shape index (κ3) is 3.84. The summed E-state index contributed by atoms with van der Waals surface area (Å²) < 4.78 is 1.53. The summed E-state index contributed by atoms with van der Waals surface area (Å²) in [5.74, 6) is -0.884. The lowest BCUT2D eigenvalue weighted by molar-refractivity contribution is -0.145. The molecule has 8 heteroatoms. The molecule has 0 aliphatic carbocycles. The minimum absolute atomic E-state index is 0.192. The van der Waals surface area contributed by atoms with Gasteiger partial charge in [0, 0.05) is 24.7 Å². The van der Waals surface area contributed by atoms with Crippen molar-refractivity contribution >= 4 is 17.6 Å². The van der Waals surface area contributed by atoms with Crippen molar-refractivity contribution in [2.45, 2.75) is 18.8 Å². The number of hydrogen-bond donors (Lipinski definition) is 2. The molecular formula is C19H19N5O3. The highest BCUT2D eigenvalue weighted by Crippen LogP contribution is 2.29. The molecule has 2 N–H and O–H groups in total. The summed E-state index contributed by atoms with van der Waals surface area (Å²) in [6, 6.07) is 15.8. The van der Waals surface area contributed by atoms with Gasteiger partial charge in [0.25, 0.3) is 0 Å². The highest BCUT2D eigenvalue weighted by Gasteiger charge is 2.37. The Morgan fingerprint density at radius 3 is 2.52 bits per heavy atom. The Bertz CT molecular complexity index is 970. The van der Waals surface area contributed by atoms with Crippen molar-refractivity contribution in [3.63, 3.8) is 0 Å². The maximum absolute atomic E-state index is 12.6. The van der Waals surface area contributed by atoms with Crippen molar-refractivity contribution in [2.75, 3.05) is 5.32 Å². The van der Waals surface area contributed by atoms with E-state index in [-0.39, 0.29) is 6.42 Å². The molecule has 0 bridgehead atoms. The molecule has 138 valence electrons. The number of rotatable bonds is 6. The molecule has 2 aromatic carbocycles. The molecule has 0 aliphatic heterocycles. The number of carboxylic acids is 1. The second kappa shape index (κ2) is 7.36. The number of aromatic nitrogens is 4. The van der Waals surface area contributed by atoms with Gasteiger partial charge >= 0.3 is 5.97 Å². The Balaban J connectivity index is 1.79. The van der Waals surface area contributed by atoms with Gasteiger partial charge in [-0.3, -0.25) is 9.59 Å². The number of anilines is 1. The van der Waals surface area contributed by atoms with Gasteiger partial charge in [-0.25, -0.2) is 4.68 Å². The fraction of sp³-hybridized carbons (Fsp3) is 0.211. The van der Waals surface area contributed by atoms with Gasteiger partial charge in [-0.15, -0.1) is 5.10 Å². The molecule has 27 heavy (non-hydrogen) atoms. The van der Waals surface area contributed by atoms with Crippen LogP contribution in [0.1, 0.15) is 18.9 Å². The standard InChI is InChI=1S/C19H19N5O3/c1-19(18(26)27,14-8-4-3-5-9-14)12-16(25)20-15-10-6-7-13(11-15)17-21-22-23-24(17)2/h3-11H,12H2,1-2H3,(H,20,25)(H,26,27). The van der Waals surface area contributed by atoms with Crippen molar-refractivity contribution in [3.8, 4) is 11.4 Å². The lowest BCUT2D eigenvalue weighted by Crippen LogP contribution is -2.36. The van der Waals surface area contributed by atoms with E-state index in [1.165, 1.54) is 4.68 Å². The Kier molecular flexibility index (Phi) is 4.98. The predicted molar refractivity (Wildman–Crippen MR) is 98.9 cm³/mol. The van der Waals surface area contributed by atoms with E-state index in [1.807, 2.05) is 6.07 Å². The van der Waals surface area contributed by atoms with Gasteiger partial charge in [0.05, 0.1) is 5.41 Å². The second-order valence-corrected chi connectivity index (χ2v) is 6.44. The number of nitrogens with one attached hydrogen (secondary N) is 1. The fourth-order valence-electron chi connectivity index (χ4n) is 2.84. The number of tetrazole rings is 1. The predicted octanol–water partition coefficient (Wildman–Crippen LogP) is 2.25. The van der Waals surface area contributed by atoms with Gasteiger partial charge < -0.3 is 10.4 Å². The molecular weight excluding hydrogens is 346 g/mol. The first-order valence-corrected chi connectivity index (χ1v) is 8.32. The summed E-state index contributed by atoms with van der Waals surface area (Å²) in [4.78, 5) is 24.4. The lowest BCUT2D eigenvalue weighted by atomic mass is 9.79. The van der Waals surface area contributed by atoms with E-state index >= 15 is 0 Å². The van der Waals surface area contributed by atoms with Crippen LogP contribution in [-0.4, -0.2) is 37.2 Å². The Morgan fingerprint density at radius 1 is 1.15 bits per heavy atom. The van der Waals surface area contributed by atoms with Crippen molar-refractivity contribution in [1.29, 1.82) is 0 Å². The number of aliphatic carboxylic acids is 1. The SMILES string of the molecule is Cn1nnnc1-c1cccc(NC(=O)CC(C)(C(=O)O)c2ccccc2)c1. The Labute approximate surface area is 155 Å². The molecule has 1 aromatic heterocycles. The largest absolute Gasteiger partial charge is 0.481 e. The van der Waals surface area contributed by atoms with Crippen LogP contribution >= 0.6 is 0 Å². The van der Waals surface area contributed by atoms with E-state index in [0.29, 0.717) is 17.1 Å². The number of benzene rings is 2. The maximum Gasteiger partial charge on any atom is 0.314 e. The smallest absolute Gasteiger partial charge is 0.314 e. The molecule has 0 spiro atoms. The number of hydrogen-bond acceptors (Lipinski definition) is 5. The topological polar surface area (TPSA) is 110 Å². The monoisotopic (exact) mass is 365 g/mol. The number of nitrogens with zero attached hydrogens (tertiary/aromatic N) is 4. The second-order valence-electron chi connectivity index (χ2n) is 6.44. The van der Waals surface area contributed by atoms with Crippen LogP contribution in [0.5, 0.6) is 0 Å². The number of amides is 1. The molecule has 1 unspecified atom stereocenters. The molecule has 8 nitrogen and oxygen atoms in total. The summed E-state index contributed by atoms with van der Waals surface area (Å²) in [6.07, 6.45) is -0.192. The number of carbonyl (C=O) groups excluding carboxylic acids is 1. The fourth-order valence-corrected chi connectivity index (χ4v) is 2.84. The first-order valence-electron chi connectivity index (χ1n) is 8.32. The van der Waals surface area contributed by atoms with Crippen LogP contribution in [0.3, 0.4) is 0 Å². The van der Waals surface area contributed by atoms with Crippen LogP contribution in [0.25, 0.3) is 11.4 Å². The number of carbonyl (C=O) groups is 2. The first kappa shape index (κ1) is 18.2. The van der Waals surface area contributed by atoms with E-state index < -0.39 is 17.3 Å². The number of aryl methyl sites for hydroxylation is 1. The van der Waals surface area contributed by atoms with E-state index in [0.717, 1.165) is 5.56 Å². The molecule has 1 atom stereocenters. The summed E-state index contributed by atoms with van der Waals surface area (Å²) in [5.41, 5.74) is 0.536. The Hall–Kier alpha value is -3.55.